The Morgan fingerprint density at radius 1 is 1.00 bits per heavy atom. The molecule has 2 aromatic carbocycles. The lowest BCUT2D eigenvalue weighted by molar-refractivity contribution is -0.117. The van der Waals surface area contributed by atoms with Crippen LogP contribution in [0.5, 0.6) is 0 Å². The molecule has 0 fully saturated rings. The van der Waals surface area contributed by atoms with Gasteiger partial charge in [0.2, 0.25) is 5.91 Å². The molecule has 0 unspecified atom stereocenters. The van der Waals surface area contributed by atoms with E-state index in [0.717, 1.165) is 5.56 Å². The standard InChI is InChI=1S/C17H17Cl3N2O/c1-10(12-4-3-5-13(18)8-12)21-11(2)17(23)22-16-9-14(19)6-7-15(16)20/h3-11,21H,1-2H3,(H,22,23)/t10-,11+/m1/s1. The highest BCUT2D eigenvalue weighted by Gasteiger charge is 2.17. The highest BCUT2D eigenvalue weighted by Crippen LogP contribution is 2.25. The van der Waals surface area contributed by atoms with Gasteiger partial charge >= 0.3 is 0 Å². The number of anilines is 1. The quantitative estimate of drug-likeness (QED) is 0.746. The fourth-order valence-corrected chi connectivity index (χ4v) is 2.69. The third-order valence-electron chi connectivity index (χ3n) is 3.43. The largest absolute Gasteiger partial charge is 0.323 e. The summed E-state index contributed by atoms with van der Waals surface area (Å²) >= 11 is 18.0. The Hall–Kier alpha value is -1.26. The Labute approximate surface area is 150 Å². The zero-order chi connectivity index (χ0) is 17.0. The average Bonchev–Trinajstić information content (AvgIpc) is 2.50. The van der Waals surface area contributed by atoms with Crippen LogP contribution in [0.1, 0.15) is 25.5 Å². The molecule has 0 saturated carbocycles. The number of hydrogen-bond donors (Lipinski definition) is 2. The maximum atomic E-state index is 12.3. The second-order valence-corrected chi connectivity index (χ2v) is 6.56. The highest BCUT2D eigenvalue weighted by molar-refractivity contribution is 6.35. The molecule has 0 aromatic heterocycles. The van der Waals surface area contributed by atoms with E-state index < -0.39 is 6.04 Å². The molecule has 6 heteroatoms. The van der Waals surface area contributed by atoms with Crippen LogP contribution in [-0.2, 0) is 4.79 Å². The van der Waals surface area contributed by atoms with E-state index in [1.807, 2.05) is 31.2 Å². The van der Waals surface area contributed by atoms with Crippen molar-refractivity contribution in [1.82, 2.24) is 5.32 Å². The van der Waals surface area contributed by atoms with Gasteiger partial charge in [-0.05, 0) is 49.7 Å². The molecule has 23 heavy (non-hydrogen) atoms. The molecule has 2 N–H and O–H groups in total. The number of hydrogen-bond acceptors (Lipinski definition) is 2. The Balaban J connectivity index is 2.01. The molecule has 2 rings (SSSR count). The molecule has 0 aliphatic rings. The number of rotatable bonds is 5. The predicted octanol–water partition coefficient (Wildman–Crippen LogP) is 5.32. The topological polar surface area (TPSA) is 41.1 Å². The first-order chi connectivity index (χ1) is 10.9. The minimum absolute atomic E-state index is 0.0238. The summed E-state index contributed by atoms with van der Waals surface area (Å²) in [5.74, 6) is -0.192. The monoisotopic (exact) mass is 370 g/mol. The average molecular weight is 372 g/mol. The van der Waals surface area contributed by atoms with Crippen LogP contribution in [0.4, 0.5) is 5.69 Å². The smallest absolute Gasteiger partial charge is 0.241 e. The van der Waals surface area contributed by atoms with Gasteiger partial charge < -0.3 is 5.32 Å². The van der Waals surface area contributed by atoms with Crippen molar-refractivity contribution in [3.05, 3.63) is 63.1 Å². The minimum atomic E-state index is -0.418. The van der Waals surface area contributed by atoms with Crippen LogP contribution in [0.2, 0.25) is 15.1 Å². The lowest BCUT2D eigenvalue weighted by Crippen LogP contribution is -2.39. The number of amides is 1. The Bertz CT molecular complexity index is 706. The van der Waals surface area contributed by atoms with Crippen LogP contribution in [0.25, 0.3) is 0 Å². The van der Waals surface area contributed by atoms with Gasteiger partial charge in [0.25, 0.3) is 0 Å². The SMILES string of the molecule is C[C@H](N[C@H](C)c1cccc(Cl)c1)C(=O)Nc1cc(Cl)ccc1Cl. The molecule has 2 atom stereocenters. The first kappa shape index (κ1) is 18.1. The summed E-state index contributed by atoms with van der Waals surface area (Å²) in [6.07, 6.45) is 0. The van der Waals surface area contributed by atoms with Crippen LogP contribution in [0.15, 0.2) is 42.5 Å². The second-order valence-electron chi connectivity index (χ2n) is 5.28. The third kappa shape index (κ3) is 5.11. The fourth-order valence-electron chi connectivity index (χ4n) is 2.16. The van der Waals surface area contributed by atoms with E-state index in [-0.39, 0.29) is 11.9 Å². The number of carbonyl (C=O) groups is 1. The summed E-state index contributed by atoms with van der Waals surface area (Å²) in [6.45, 7) is 3.76. The highest BCUT2D eigenvalue weighted by atomic mass is 35.5. The Morgan fingerprint density at radius 2 is 1.70 bits per heavy atom. The van der Waals surface area contributed by atoms with Gasteiger partial charge in [0.1, 0.15) is 0 Å². The number of benzene rings is 2. The molecule has 0 aliphatic heterocycles. The molecule has 0 radical (unpaired) electrons. The van der Waals surface area contributed by atoms with Crippen LogP contribution in [0, 0.1) is 0 Å². The van der Waals surface area contributed by atoms with Gasteiger partial charge in [0.15, 0.2) is 0 Å². The van der Waals surface area contributed by atoms with Crippen molar-refractivity contribution >= 4 is 46.4 Å². The van der Waals surface area contributed by atoms with E-state index in [1.165, 1.54) is 0 Å². The maximum Gasteiger partial charge on any atom is 0.241 e. The van der Waals surface area contributed by atoms with Crippen molar-refractivity contribution in [2.24, 2.45) is 0 Å². The number of nitrogens with one attached hydrogen (secondary N) is 2. The van der Waals surface area contributed by atoms with Crippen molar-refractivity contribution in [2.45, 2.75) is 25.9 Å². The summed E-state index contributed by atoms with van der Waals surface area (Å²) in [6, 6.07) is 12.0. The second kappa shape index (κ2) is 8.02. The predicted molar refractivity (Wildman–Crippen MR) is 97.6 cm³/mol. The molecule has 1 amide bonds. The van der Waals surface area contributed by atoms with Crippen LogP contribution < -0.4 is 10.6 Å². The molecule has 0 saturated heterocycles. The normalized spacial score (nSPS) is 13.4. The minimum Gasteiger partial charge on any atom is -0.323 e. The van der Waals surface area contributed by atoms with E-state index in [1.54, 1.807) is 25.1 Å². The third-order valence-corrected chi connectivity index (χ3v) is 4.23. The fraction of sp³-hybridized carbons (Fsp3) is 0.235. The van der Waals surface area contributed by atoms with E-state index in [2.05, 4.69) is 10.6 Å². The molecule has 3 nitrogen and oxygen atoms in total. The van der Waals surface area contributed by atoms with Crippen molar-refractivity contribution in [1.29, 1.82) is 0 Å². The zero-order valence-electron chi connectivity index (χ0n) is 12.7. The van der Waals surface area contributed by atoms with Crippen molar-refractivity contribution in [3.8, 4) is 0 Å². The van der Waals surface area contributed by atoms with E-state index in [9.17, 15) is 4.79 Å². The van der Waals surface area contributed by atoms with Crippen LogP contribution in [0.3, 0.4) is 0 Å². The van der Waals surface area contributed by atoms with Crippen molar-refractivity contribution < 1.29 is 4.79 Å². The van der Waals surface area contributed by atoms with Gasteiger partial charge in [-0.3, -0.25) is 10.1 Å². The molecule has 0 aliphatic carbocycles. The van der Waals surface area contributed by atoms with Gasteiger partial charge in [-0.1, -0.05) is 46.9 Å². The molecule has 2 aromatic rings. The number of carbonyl (C=O) groups excluding carboxylic acids is 1. The molecule has 0 spiro atoms. The van der Waals surface area contributed by atoms with E-state index >= 15 is 0 Å². The van der Waals surface area contributed by atoms with Crippen molar-refractivity contribution in [2.75, 3.05) is 5.32 Å². The summed E-state index contributed by atoms with van der Waals surface area (Å²) in [4.78, 5) is 12.3. The van der Waals surface area contributed by atoms with Gasteiger partial charge in [-0.2, -0.15) is 0 Å². The lowest BCUT2D eigenvalue weighted by atomic mass is 10.1. The molecule has 0 bridgehead atoms. The van der Waals surface area contributed by atoms with E-state index in [0.29, 0.717) is 20.8 Å². The summed E-state index contributed by atoms with van der Waals surface area (Å²) in [5, 5.41) is 7.63. The first-order valence-electron chi connectivity index (χ1n) is 7.14. The van der Waals surface area contributed by atoms with Crippen LogP contribution >= 0.6 is 34.8 Å². The maximum absolute atomic E-state index is 12.3. The van der Waals surface area contributed by atoms with Crippen LogP contribution in [-0.4, -0.2) is 11.9 Å². The zero-order valence-corrected chi connectivity index (χ0v) is 15.0. The number of halogens is 3. The van der Waals surface area contributed by atoms with Gasteiger partial charge in [-0.15, -0.1) is 0 Å². The summed E-state index contributed by atoms with van der Waals surface area (Å²) in [7, 11) is 0. The van der Waals surface area contributed by atoms with Gasteiger partial charge in [0, 0.05) is 16.1 Å². The Morgan fingerprint density at radius 3 is 2.39 bits per heavy atom. The van der Waals surface area contributed by atoms with Crippen molar-refractivity contribution in [3.63, 3.8) is 0 Å². The Kier molecular flexibility index (Phi) is 6.31. The van der Waals surface area contributed by atoms with Gasteiger partial charge in [-0.25, -0.2) is 0 Å². The molecule has 122 valence electrons. The first-order valence-corrected chi connectivity index (χ1v) is 8.27. The molecular weight excluding hydrogens is 355 g/mol. The molecule has 0 heterocycles. The summed E-state index contributed by atoms with van der Waals surface area (Å²) in [5.41, 5.74) is 1.51. The molecular formula is C17H17Cl3N2O. The summed E-state index contributed by atoms with van der Waals surface area (Å²) < 4.78 is 0. The lowest BCUT2D eigenvalue weighted by Gasteiger charge is -2.20. The van der Waals surface area contributed by atoms with E-state index in [4.69, 9.17) is 34.8 Å². The van der Waals surface area contributed by atoms with Gasteiger partial charge in [0.05, 0.1) is 16.8 Å².